The first-order chi connectivity index (χ1) is 6.63. The van der Waals surface area contributed by atoms with Gasteiger partial charge in [0.15, 0.2) is 0 Å². The molecule has 0 aromatic heterocycles. The molecule has 0 spiro atoms. The summed E-state index contributed by atoms with van der Waals surface area (Å²) >= 11 is 0. The summed E-state index contributed by atoms with van der Waals surface area (Å²) in [5.74, 6) is 0. The third-order valence-corrected chi connectivity index (χ3v) is 2.13. The zero-order chi connectivity index (χ0) is 10.6. The van der Waals surface area contributed by atoms with Gasteiger partial charge in [0.1, 0.15) is 0 Å². The number of benzene rings is 1. The summed E-state index contributed by atoms with van der Waals surface area (Å²) in [4.78, 5) is 0. The largest absolute Gasteiger partial charge is 0.377 e. The summed E-state index contributed by atoms with van der Waals surface area (Å²) < 4.78 is 24.4. The van der Waals surface area contributed by atoms with Gasteiger partial charge in [0.05, 0.1) is 6.04 Å². The normalized spacial score (nSPS) is 12.9. The second-order valence-electron chi connectivity index (χ2n) is 3.32. The fraction of sp³-hybridized carbons (Fsp3) is 0.455. The lowest BCUT2D eigenvalue weighted by Gasteiger charge is -2.14. The van der Waals surface area contributed by atoms with Crippen molar-refractivity contribution >= 4 is 5.69 Å². The highest BCUT2D eigenvalue weighted by Gasteiger charge is 2.13. The molecule has 1 nitrogen and oxygen atoms in total. The topological polar surface area (TPSA) is 12.0 Å². The second kappa shape index (κ2) is 4.94. The minimum atomic E-state index is -2.33. The van der Waals surface area contributed by atoms with Gasteiger partial charge in [-0.25, -0.2) is 8.78 Å². The maximum atomic E-state index is 12.2. The Morgan fingerprint density at radius 3 is 2.21 bits per heavy atom. The fourth-order valence-corrected chi connectivity index (χ4v) is 1.16. The lowest BCUT2D eigenvalue weighted by atomic mass is 10.1. The van der Waals surface area contributed by atoms with Crippen LogP contribution in [-0.4, -0.2) is 12.5 Å². The van der Waals surface area contributed by atoms with Crippen molar-refractivity contribution in [1.29, 1.82) is 0 Å². The Labute approximate surface area is 83.1 Å². The maximum Gasteiger partial charge on any atom is 0.258 e. The van der Waals surface area contributed by atoms with Gasteiger partial charge in [-0.15, -0.1) is 0 Å². The number of rotatable bonds is 4. The molecule has 1 unspecified atom stereocenters. The summed E-state index contributed by atoms with van der Waals surface area (Å²) in [5, 5.41) is 2.74. The van der Waals surface area contributed by atoms with Crippen molar-refractivity contribution in [3.8, 4) is 0 Å². The minimum absolute atomic E-state index is 0.745. The van der Waals surface area contributed by atoms with E-state index in [1.165, 1.54) is 12.5 Å². The van der Waals surface area contributed by atoms with Crippen molar-refractivity contribution in [1.82, 2.24) is 0 Å². The summed E-state index contributed by atoms with van der Waals surface area (Å²) in [6, 6.07) is 6.75. The van der Waals surface area contributed by atoms with Gasteiger partial charge in [-0.1, -0.05) is 19.1 Å². The summed E-state index contributed by atoms with van der Waals surface area (Å²) in [7, 11) is 0. The van der Waals surface area contributed by atoms with E-state index in [1.807, 2.05) is 24.3 Å². The van der Waals surface area contributed by atoms with Crippen LogP contribution in [0, 0.1) is 0 Å². The zero-order valence-corrected chi connectivity index (χ0v) is 8.43. The number of nitrogens with one attached hydrogen (secondary N) is 1. The third-order valence-electron chi connectivity index (χ3n) is 2.13. The molecule has 0 bridgehead atoms. The number of aryl methyl sites for hydroxylation is 1. The Balaban J connectivity index is 2.59. The SMILES string of the molecule is CCc1ccc(NC(C)C(F)F)cc1. The number of alkyl halides is 2. The molecule has 0 aliphatic heterocycles. The van der Waals surface area contributed by atoms with E-state index < -0.39 is 12.5 Å². The van der Waals surface area contributed by atoms with Crippen LogP contribution in [-0.2, 0) is 6.42 Å². The second-order valence-corrected chi connectivity index (χ2v) is 3.32. The molecule has 0 saturated heterocycles. The Hall–Kier alpha value is -1.12. The standard InChI is InChI=1S/C11H15F2N/c1-3-9-4-6-10(7-5-9)14-8(2)11(12)13/h4-8,11,14H,3H2,1-2H3. The molecule has 0 aliphatic rings. The van der Waals surface area contributed by atoms with Crippen molar-refractivity contribution < 1.29 is 8.78 Å². The first kappa shape index (κ1) is 11.0. The summed E-state index contributed by atoms with van der Waals surface area (Å²) in [5.41, 5.74) is 1.95. The van der Waals surface area contributed by atoms with E-state index in [2.05, 4.69) is 12.2 Å². The Bertz CT molecular complexity index is 269. The van der Waals surface area contributed by atoms with E-state index in [-0.39, 0.29) is 0 Å². The van der Waals surface area contributed by atoms with Crippen LogP contribution in [0.5, 0.6) is 0 Å². The molecule has 1 N–H and O–H groups in total. The molecule has 1 rings (SSSR count). The van der Waals surface area contributed by atoms with Gasteiger partial charge >= 0.3 is 0 Å². The minimum Gasteiger partial charge on any atom is -0.377 e. The molecule has 1 aromatic rings. The molecule has 0 saturated carbocycles. The summed E-state index contributed by atoms with van der Waals surface area (Å²) in [6.45, 7) is 3.53. The molecule has 0 radical (unpaired) electrons. The number of hydrogen-bond donors (Lipinski definition) is 1. The monoisotopic (exact) mass is 199 g/mol. The van der Waals surface area contributed by atoms with Crippen LogP contribution in [0.25, 0.3) is 0 Å². The highest BCUT2D eigenvalue weighted by molar-refractivity contribution is 5.45. The van der Waals surface area contributed by atoms with Crippen LogP contribution in [0.3, 0.4) is 0 Å². The molecule has 0 aliphatic carbocycles. The molecular formula is C11H15F2N. The lowest BCUT2D eigenvalue weighted by Crippen LogP contribution is -2.23. The first-order valence-corrected chi connectivity index (χ1v) is 4.77. The van der Waals surface area contributed by atoms with Gasteiger partial charge in [0.2, 0.25) is 0 Å². The number of hydrogen-bond acceptors (Lipinski definition) is 1. The smallest absolute Gasteiger partial charge is 0.258 e. The van der Waals surface area contributed by atoms with Crippen LogP contribution in [0.1, 0.15) is 19.4 Å². The van der Waals surface area contributed by atoms with Crippen LogP contribution in [0.4, 0.5) is 14.5 Å². The molecule has 1 atom stereocenters. The van der Waals surface area contributed by atoms with Crippen molar-refractivity contribution in [2.24, 2.45) is 0 Å². The van der Waals surface area contributed by atoms with Gasteiger partial charge in [-0.3, -0.25) is 0 Å². The lowest BCUT2D eigenvalue weighted by molar-refractivity contribution is 0.131. The molecule has 0 fully saturated rings. The Morgan fingerprint density at radius 1 is 1.21 bits per heavy atom. The molecule has 3 heteroatoms. The Morgan fingerprint density at radius 2 is 1.79 bits per heavy atom. The zero-order valence-electron chi connectivity index (χ0n) is 8.43. The maximum absolute atomic E-state index is 12.2. The highest BCUT2D eigenvalue weighted by Crippen LogP contribution is 2.13. The van der Waals surface area contributed by atoms with Crippen molar-refractivity contribution in [2.45, 2.75) is 32.7 Å². The number of anilines is 1. The van der Waals surface area contributed by atoms with E-state index in [0.717, 1.165) is 12.1 Å². The third kappa shape index (κ3) is 2.98. The predicted molar refractivity (Wildman–Crippen MR) is 54.9 cm³/mol. The van der Waals surface area contributed by atoms with Crippen molar-refractivity contribution in [3.05, 3.63) is 29.8 Å². The highest BCUT2D eigenvalue weighted by atomic mass is 19.3. The van der Waals surface area contributed by atoms with Gasteiger partial charge in [-0.05, 0) is 31.0 Å². The average Bonchev–Trinajstić information content (AvgIpc) is 2.19. The first-order valence-electron chi connectivity index (χ1n) is 4.77. The molecule has 14 heavy (non-hydrogen) atoms. The summed E-state index contributed by atoms with van der Waals surface area (Å²) in [6.07, 6.45) is -1.37. The predicted octanol–water partition coefficient (Wildman–Crippen LogP) is 3.31. The average molecular weight is 199 g/mol. The fourth-order valence-electron chi connectivity index (χ4n) is 1.16. The van der Waals surface area contributed by atoms with E-state index in [9.17, 15) is 8.78 Å². The Kier molecular flexibility index (Phi) is 3.86. The molecule has 0 heterocycles. The number of halogens is 2. The van der Waals surface area contributed by atoms with Crippen molar-refractivity contribution in [3.63, 3.8) is 0 Å². The van der Waals surface area contributed by atoms with Crippen molar-refractivity contribution in [2.75, 3.05) is 5.32 Å². The van der Waals surface area contributed by atoms with Crippen LogP contribution in [0.15, 0.2) is 24.3 Å². The quantitative estimate of drug-likeness (QED) is 0.784. The molecular weight excluding hydrogens is 184 g/mol. The van der Waals surface area contributed by atoms with E-state index >= 15 is 0 Å². The van der Waals surface area contributed by atoms with Crippen LogP contribution < -0.4 is 5.32 Å². The van der Waals surface area contributed by atoms with Gasteiger partial charge in [0, 0.05) is 5.69 Å². The van der Waals surface area contributed by atoms with Crippen LogP contribution >= 0.6 is 0 Å². The van der Waals surface area contributed by atoms with E-state index in [1.54, 1.807) is 0 Å². The van der Waals surface area contributed by atoms with Crippen LogP contribution in [0.2, 0.25) is 0 Å². The molecule has 78 valence electrons. The van der Waals surface area contributed by atoms with Gasteiger partial charge < -0.3 is 5.32 Å². The van der Waals surface area contributed by atoms with Gasteiger partial charge in [-0.2, -0.15) is 0 Å². The molecule has 0 amide bonds. The van der Waals surface area contributed by atoms with E-state index in [4.69, 9.17) is 0 Å². The van der Waals surface area contributed by atoms with E-state index in [0.29, 0.717) is 0 Å². The van der Waals surface area contributed by atoms with Gasteiger partial charge in [0.25, 0.3) is 6.43 Å². The molecule has 1 aromatic carbocycles.